The zero-order chi connectivity index (χ0) is 2.83. The third-order valence-corrected chi connectivity index (χ3v) is 0.333. The van der Waals surface area contributed by atoms with Crippen molar-refractivity contribution in [3.05, 3.63) is 0 Å². The summed E-state index contributed by atoms with van der Waals surface area (Å²) in [7, 11) is 0. The standard InChI is InChI=1S/C2H4O2.Mn/c1-2-4-3-1;/h1-2H2;. The summed E-state index contributed by atoms with van der Waals surface area (Å²) in [4.78, 5) is 8.44. The Morgan fingerprint density at radius 3 is 1.20 bits per heavy atom. The molecule has 0 aromatic rings. The maximum atomic E-state index is 4.22. The van der Waals surface area contributed by atoms with Gasteiger partial charge in [-0.25, -0.2) is 9.78 Å². The summed E-state index contributed by atoms with van der Waals surface area (Å²) in [5, 5.41) is 0. The van der Waals surface area contributed by atoms with Crippen LogP contribution < -0.4 is 0 Å². The average Bonchev–Trinajstić information content (AvgIpc) is 0.722. The largest absolute Gasteiger partial charge is 0.234 e. The zero-order valence-corrected chi connectivity index (χ0v) is 3.79. The van der Waals surface area contributed by atoms with Gasteiger partial charge < -0.3 is 0 Å². The quantitative estimate of drug-likeness (QED) is 0.325. The molecule has 1 heterocycles. The van der Waals surface area contributed by atoms with E-state index in [4.69, 9.17) is 0 Å². The summed E-state index contributed by atoms with van der Waals surface area (Å²) < 4.78 is 0. The van der Waals surface area contributed by atoms with Gasteiger partial charge in [0.1, 0.15) is 13.2 Å². The Morgan fingerprint density at radius 1 is 1.00 bits per heavy atom. The first kappa shape index (κ1) is 5.44. The van der Waals surface area contributed by atoms with Gasteiger partial charge in [0.25, 0.3) is 0 Å². The van der Waals surface area contributed by atoms with Crippen LogP contribution in [0.3, 0.4) is 0 Å². The van der Waals surface area contributed by atoms with Crippen molar-refractivity contribution >= 4 is 0 Å². The fraction of sp³-hybridized carbons (Fsp3) is 1.00. The Kier molecular flexibility index (Phi) is 2.90. The molecule has 3 heteroatoms. The molecule has 2 nitrogen and oxygen atoms in total. The summed E-state index contributed by atoms with van der Waals surface area (Å²) in [5.41, 5.74) is 0. The summed E-state index contributed by atoms with van der Waals surface area (Å²) in [6.45, 7) is 1.56. The summed E-state index contributed by atoms with van der Waals surface area (Å²) in [5.74, 6) is 0. The molecule has 0 N–H and O–H groups in total. The van der Waals surface area contributed by atoms with Gasteiger partial charge in [-0.3, -0.25) is 0 Å². The summed E-state index contributed by atoms with van der Waals surface area (Å²) >= 11 is 0. The van der Waals surface area contributed by atoms with Crippen LogP contribution in [-0.2, 0) is 26.8 Å². The average molecular weight is 115 g/mol. The van der Waals surface area contributed by atoms with Gasteiger partial charge in [0, 0.05) is 17.1 Å². The predicted molar refractivity (Wildman–Crippen MR) is 11.9 cm³/mol. The second kappa shape index (κ2) is 2.66. The molecule has 5 heavy (non-hydrogen) atoms. The number of hydrogen-bond acceptors (Lipinski definition) is 2. The van der Waals surface area contributed by atoms with Crippen molar-refractivity contribution in [3.8, 4) is 0 Å². The summed E-state index contributed by atoms with van der Waals surface area (Å²) in [6.07, 6.45) is 0. The van der Waals surface area contributed by atoms with Crippen LogP contribution in [0, 0.1) is 0 Å². The van der Waals surface area contributed by atoms with E-state index in [9.17, 15) is 0 Å². The van der Waals surface area contributed by atoms with Gasteiger partial charge in [-0.15, -0.1) is 0 Å². The second-order valence-corrected chi connectivity index (χ2v) is 0.644. The van der Waals surface area contributed by atoms with Crippen molar-refractivity contribution in [2.24, 2.45) is 0 Å². The van der Waals surface area contributed by atoms with Gasteiger partial charge in [-0.05, 0) is 0 Å². The monoisotopic (exact) mass is 115 g/mol. The maximum Gasteiger partial charge on any atom is 0.109 e. The predicted octanol–water partition coefficient (Wildman–Crippen LogP) is -0.0543. The van der Waals surface area contributed by atoms with E-state index < -0.39 is 0 Å². The molecule has 0 atom stereocenters. The van der Waals surface area contributed by atoms with Crippen molar-refractivity contribution in [1.82, 2.24) is 0 Å². The Balaban J connectivity index is 0.000000160. The smallest absolute Gasteiger partial charge is 0.109 e. The fourth-order valence-electron chi connectivity index (χ4n) is 0.0833. The normalized spacial score (nSPS) is 19.2. The van der Waals surface area contributed by atoms with E-state index in [-0.39, 0.29) is 17.1 Å². The van der Waals surface area contributed by atoms with Crippen molar-refractivity contribution in [1.29, 1.82) is 0 Å². The molecule has 0 saturated carbocycles. The van der Waals surface area contributed by atoms with E-state index >= 15 is 0 Å². The van der Waals surface area contributed by atoms with Crippen molar-refractivity contribution in [2.45, 2.75) is 0 Å². The van der Waals surface area contributed by atoms with Crippen LogP contribution in [0.4, 0.5) is 0 Å². The van der Waals surface area contributed by atoms with Crippen LogP contribution in [0.25, 0.3) is 0 Å². The maximum absolute atomic E-state index is 4.22. The second-order valence-electron chi connectivity index (χ2n) is 0.644. The molecule has 0 amide bonds. The van der Waals surface area contributed by atoms with E-state index in [1.807, 2.05) is 0 Å². The van der Waals surface area contributed by atoms with E-state index in [1.54, 1.807) is 0 Å². The first-order chi connectivity index (χ1) is 2.00. The van der Waals surface area contributed by atoms with Gasteiger partial charge >= 0.3 is 0 Å². The van der Waals surface area contributed by atoms with Crippen LogP contribution in [0.2, 0.25) is 0 Å². The molecule has 1 rings (SSSR count). The Bertz CT molecular complexity index is 15.6. The zero-order valence-electron chi connectivity index (χ0n) is 2.61. The van der Waals surface area contributed by atoms with Gasteiger partial charge in [0.2, 0.25) is 0 Å². The molecule has 0 unspecified atom stereocenters. The molecule has 1 radical (unpaired) electrons. The molecular formula is C2H4MnO2. The SMILES string of the molecule is C1COO1.[Mn]. The van der Waals surface area contributed by atoms with Gasteiger partial charge in [0.15, 0.2) is 0 Å². The minimum absolute atomic E-state index is 0. The molecule has 0 spiro atoms. The third-order valence-electron chi connectivity index (χ3n) is 0.333. The Hall–Kier alpha value is 0.439. The van der Waals surface area contributed by atoms with E-state index in [0.717, 1.165) is 13.2 Å². The molecule has 0 aromatic heterocycles. The molecular weight excluding hydrogens is 111 g/mol. The van der Waals surface area contributed by atoms with Crippen molar-refractivity contribution < 1.29 is 26.8 Å². The van der Waals surface area contributed by atoms with Gasteiger partial charge in [-0.1, -0.05) is 0 Å². The van der Waals surface area contributed by atoms with Crippen molar-refractivity contribution in [3.63, 3.8) is 0 Å². The molecule has 0 bridgehead atoms. The molecule has 1 aliphatic rings. The van der Waals surface area contributed by atoms with E-state index in [2.05, 4.69) is 9.78 Å². The van der Waals surface area contributed by atoms with Crippen LogP contribution in [0.1, 0.15) is 0 Å². The van der Waals surface area contributed by atoms with E-state index in [0.29, 0.717) is 0 Å². The van der Waals surface area contributed by atoms with Crippen LogP contribution >= 0.6 is 0 Å². The minimum atomic E-state index is 0. The molecule has 1 aliphatic heterocycles. The van der Waals surface area contributed by atoms with E-state index in [1.165, 1.54) is 0 Å². The third kappa shape index (κ3) is 1.34. The Morgan fingerprint density at radius 2 is 1.20 bits per heavy atom. The molecule has 1 fully saturated rings. The van der Waals surface area contributed by atoms with Crippen molar-refractivity contribution in [2.75, 3.05) is 13.2 Å². The molecule has 1 saturated heterocycles. The topological polar surface area (TPSA) is 18.5 Å². The molecule has 31 valence electrons. The minimum Gasteiger partial charge on any atom is -0.234 e. The number of rotatable bonds is 0. The summed E-state index contributed by atoms with van der Waals surface area (Å²) in [6, 6.07) is 0. The first-order valence-corrected chi connectivity index (χ1v) is 1.24. The van der Waals surface area contributed by atoms with Crippen LogP contribution in [0.15, 0.2) is 0 Å². The molecule has 0 aliphatic carbocycles. The fourth-order valence-corrected chi connectivity index (χ4v) is 0.0833. The first-order valence-electron chi connectivity index (χ1n) is 1.24. The van der Waals surface area contributed by atoms with Crippen LogP contribution in [-0.4, -0.2) is 13.2 Å². The number of hydrogen-bond donors (Lipinski definition) is 0. The Labute approximate surface area is 40.9 Å². The molecule has 0 aromatic carbocycles. The van der Waals surface area contributed by atoms with Gasteiger partial charge in [0.05, 0.1) is 0 Å². The van der Waals surface area contributed by atoms with Gasteiger partial charge in [-0.2, -0.15) is 0 Å². The van der Waals surface area contributed by atoms with Crippen LogP contribution in [0.5, 0.6) is 0 Å².